The zero-order valence-corrected chi connectivity index (χ0v) is 12.2. The second-order valence-electron chi connectivity index (χ2n) is 5.06. The van der Waals surface area contributed by atoms with Crippen molar-refractivity contribution in [2.45, 2.75) is 40.2 Å². The lowest BCUT2D eigenvalue weighted by Crippen LogP contribution is -2.01. The molecule has 0 aliphatic carbocycles. The van der Waals surface area contributed by atoms with E-state index in [2.05, 4.69) is 57.2 Å². The summed E-state index contributed by atoms with van der Waals surface area (Å²) in [5.41, 5.74) is 13.9. The highest BCUT2D eigenvalue weighted by Gasteiger charge is 2.09. The fourth-order valence-corrected chi connectivity index (χ4v) is 2.52. The molecule has 0 aliphatic heterocycles. The van der Waals surface area contributed by atoms with Crippen LogP contribution in [0.4, 0.5) is 0 Å². The Hall–Kier alpha value is -1.60. The fraction of sp³-hybridized carbons (Fsp3) is 0.333. The molecule has 2 aromatic rings. The Labute approximate surface area is 116 Å². The molecule has 0 bridgehead atoms. The van der Waals surface area contributed by atoms with Gasteiger partial charge in [-0.1, -0.05) is 55.8 Å². The summed E-state index contributed by atoms with van der Waals surface area (Å²) in [5, 5.41) is 0. The van der Waals surface area contributed by atoms with Gasteiger partial charge in [-0.25, -0.2) is 0 Å². The molecular formula is C18H23N. The predicted octanol–water partition coefficient (Wildman–Crippen LogP) is 4.25. The maximum atomic E-state index is 5.90. The average Bonchev–Trinajstić information content (AvgIpc) is 2.46. The van der Waals surface area contributed by atoms with Gasteiger partial charge in [-0.3, -0.25) is 0 Å². The van der Waals surface area contributed by atoms with Crippen molar-refractivity contribution in [3.63, 3.8) is 0 Å². The summed E-state index contributed by atoms with van der Waals surface area (Å²) in [7, 11) is 0. The molecule has 2 rings (SSSR count). The summed E-state index contributed by atoms with van der Waals surface area (Å²) in [5.74, 6) is 0. The number of hydrogen-bond acceptors (Lipinski definition) is 1. The topological polar surface area (TPSA) is 26.0 Å². The second kappa shape index (κ2) is 6.03. The standard InChI is InChI=1S/C18H23N/c1-4-14-7-9-15(5-2)18(11-14)17-10-13(3)6-8-16(17)12-19/h6-11H,4-5,12,19H2,1-3H3. The molecule has 0 fully saturated rings. The Kier molecular flexibility index (Phi) is 4.39. The molecule has 100 valence electrons. The Morgan fingerprint density at radius 1 is 0.842 bits per heavy atom. The van der Waals surface area contributed by atoms with Crippen LogP contribution in [0.25, 0.3) is 11.1 Å². The molecule has 0 unspecified atom stereocenters. The number of nitrogens with two attached hydrogens (primary N) is 1. The maximum Gasteiger partial charge on any atom is 0.0184 e. The van der Waals surface area contributed by atoms with Gasteiger partial charge in [-0.2, -0.15) is 0 Å². The van der Waals surface area contributed by atoms with E-state index in [1.165, 1.54) is 33.4 Å². The molecule has 0 saturated carbocycles. The summed E-state index contributed by atoms with van der Waals surface area (Å²) in [6.45, 7) is 7.14. The first kappa shape index (κ1) is 13.8. The van der Waals surface area contributed by atoms with E-state index in [0.717, 1.165) is 12.8 Å². The van der Waals surface area contributed by atoms with Crippen molar-refractivity contribution < 1.29 is 0 Å². The Bertz CT molecular complexity index is 570. The number of aryl methyl sites for hydroxylation is 3. The quantitative estimate of drug-likeness (QED) is 0.866. The number of hydrogen-bond donors (Lipinski definition) is 1. The van der Waals surface area contributed by atoms with Crippen LogP contribution in [-0.2, 0) is 19.4 Å². The Morgan fingerprint density at radius 3 is 2.16 bits per heavy atom. The average molecular weight is 253 g/mol. The van der Waals surface area contributed by atoms with Crippen LogP contribution < -0.4 is 5.73 Å². The van der Waals surface area contributed by atoms with Crippen molar-refractivity contribution in [2.75, 3.05) is 0 Å². The van der Waals surface area contributed by atoms with Crippen LogP contribution >= 0.6 is 0 Å². The van der Waals surface area contributed by atoms with Crippen LogP contribution in [0.1, 0.15) is 36.1 Å². The van der Waals surface area contributed by atoms with Gasteiger partial charge in [0, 0.05) is 6.54 Å². The van der Waals surface area contributed by atoms with Gasteiger partial charge in [-0.15, -0.1) is 0 Å². The highest BCUT2D eigenvalue weighted by atomic mass is 14.5. The molecule has 0 atom stereocenters. The molecule has 0 heterocycles. The lowest BCUT2D eigenvalue weighted by molar-refractivity contribution is 1.06. The predicted molar refractivity (Wildman–Crippen MR) is 83.3 cm³/mol. The smallest absolute Gasteiger partial charge is 0.0184 e. The van der Waals surface area contributed by atoms with Crippen molar-refractivity contribution in [3.8, 4) is 11.1 Å². The molecule has 1 heteroatoms. The van der Waals surface area contributed by atoms with E-state index in [1.807, 2.05) is 0 Å². The molecule has 0 radical (unpaired) electrons. The van der Waals surface area contributed by atoms with Crippen molar-refractivity contribution in [2.24, 2.45) is 5.73 Å². The molecular weight excluding hydrogens is 230 g/mol. The number of benzene rings is 2. The second-order valence-corrected chi connectivity index (χ2v) is 5.06. The molecule has 0 saturated heterocycles. The largest absolute Gasteiger partial charge is 0.326 e. The number of rotatable bonds is 4. The monoisotopic (exact) mass is 253 g/mol. The first-order chi connectivity index (χ1) is 9.19. The van der Waals surface area contributed by atoms with E-state index in [0.29, 0.717) is 6.54 Å². The van der Waals surface area contributed by atoms with Gasteiger partial charge in [-0.05, 0) is 47.6 Å². The molecule has 0 aromatic heterocycles. The van der Waals surface area contributed by atoms with Gasteiger partial charge >= 0.3 is 0 Å². The van der Waals surface area contributed by atoms with E-state index in [9.17, 15) is 0 Å². The third-order valence-electron chi connectivity index (χ3n) is 3.74. The van der Waals surface area contributed by atoms with Gasteiger partial charge in [0.25, 0.3) is 0 Å². The van der Waals surface area contributed by atoms with Gasteiger partial charge in [0.1, 0.15) is 0 Å². The van der Waals surface area contributed by atoms with Crippen molar-refractivity contribution in [1.82, 2.24) is 0 Å². The zero-order chi connectivity index (χ0) is 13.8. The molecule has 1 nitrogen and oxygen atoms in total. The van der Waals surface area contributed by atoms with Crippen molar-refractivity contribution >= 4 is 0 Å². The first-order valence-corrected chi connectivity index (χ1v) is 7.11. The SMILES string of the molecule is CCc1ccc(CC)c(-c2cc(C)ccc2CN)c1. The van der Waals surface area contributed by atoms with Crippen molar-refractivity contribution in [3.05, 3.63) is 58.7 Å². The minimum atomic E-state index is 0.592. The lowest BCUT2D eigenvalue weighted by Gasteiger charge is -2.14. The van der Waals surface area contributed by atoms with Crippen LogP contribution in [0, 0.1) is 6.92 Å². The van der Waals surface area contributed by atoms with Gasteiger partial charge < -0.3 is 5.73 Å². The molecule has 2 N–H and O–H groups in total. The summed E-state index contributed by atoms with van der Waals surface area (Å²) in [6, 6.07) is 13.4. The van der Waals surface area contributed by atoms with Gasteiger partial charge in [0.15, 0.2) is 0 Å². The summed E-state index contributed by atoms with van der Waals surface area (Å²) >= 11 is 0. The zero-order valence-electron chi connectivity index (χ0n) is 12.2. The Morgan fingerprint density at radius 2 is 1.53 bits per heavy atom. The van der Waals surface area contributed by atoms with Crippen LogP contribution in [0.2, 0.25) is 0 Å². The lowest BCUT2D eigenvalue weighted by atomic mass is 9.91. The van der Waals surface area contributed by atoms with Crippen LogP contribution in [0.15, 0.2) is 36.4 Å². The minimum absolute atomic E-state index is 0.592. The molecule has 19 heavy (non-hydrogen) atoms. The van der Waals surface area contributed by atoms with E-state index in [4.69, 9.17) is 5.73 Å². The van der Waals surface area contributed by atoms with Crippen LogP contribution in [0.3, 0.4) is 0 Å². The van der Waals surface area contributed by atoms with E-state index < -0.39 is 0 Å². The molecule has 0 spiro atoms. The maximum absolute atomic E-state index is 5.90. The third kappa shape index (κ3) is 2.87. The van der Waals surface area contributed by atoms with Gasteiger partial charge in [0.05, 0.1) is 0 Å². The minimum Gasteiger partial charge on any atom is -0.326 e. The third-order valence-corrected chi connectivity index (χ3v) is 3.74. The fourth-order valence-electron chi connectivity index (χ4n) is 2.52. The summed E-state index contributed by atoms with van der Waals surface area (Å²) in [4.78, 5) is 0. The van der Waals surface area contributed by atoms with Crippen molar-refractivity contribution in [1.29, 1.82) is 0 Å². The molecule has 0 aliphatic rings. The van der Waals surface area contributed by atoms with E-state index in [1.54, 1.807) is 0 Å². The van der Waals surface area contributed by atoms with Gasteiger partial charge in [0.2, 0.25) is 0 Å². The van der Waals surface area contributed by atoms with Crippen LogP contribution in [0.5, 0.6) is 0 Å². The summed E-state index contributed by atoms with van der Waals surface area (Å²) < 4.78 is 0. The Balaban J connectivity index is 2.65. The van der Waals surface area contributed by atoms with E-state index in [-0.39, 0.29) is 0 Å². The molecule has 2 aromatic carbocycles. The molecule has 0 amide bonds. The van der Waals surface area contributed by atoms with E-state index >= 15 is 0 Å². The first-order valence-electron chi connectivity index (χ1n) is 7.11. The highest BCUT2D eigenvalue weighted by molar-refractivity contribution is 5.72. The normalized spacial score (nSPS) is 10.7. The van der Waals surface area contributed by atoms with Crippen LogP contribution in [-0.4, -0.2) is 0 Å². The highest BCUT2D eigenvalue weighted by Crippen LogP contribution is 2.29. The summed E-state index contributed by atoms with van der Waals surface area (Å²) in [6.07, 6.45) is 2.12.